The van der Waals surface area contributed by atoms with Crippen molar-refractivity contribution in [1.29, 1.82) is 0 Å². The Hall–Kier alpha value is -1.08. The predicted octanol–water partition coefficient (Wildman–Crippen LogP) is 0.846. The maximum Gasteiger partial charge on any atom is 0.306 e. The Kier molecular flexibility index (Phi) is 2.67. The molecule has 0 spiro atoms. The van der Waals surface area contributed by atoms with Crippen molar-refractivity contribution < 1.29 is 18.3 Å². The fourth-order valence-electron chi connectivity index (χ4n) is 1.65. The smallest absolute Gasteiger partial charge is 0.306 e. The molecular weight excluding hydrogens is 256 g/mol. The molecule has 1 fully saturated rings. The first kappa shape index (κ1) is 11.4. The average Bonchev–Trinajstić information content (AvgIpc) is 2.47. The van der Waals surface area contributed by atoms with Crippen molar-refractivity contribution in [3.63, 3.8) is 0 Å². The molecule has 0 amide bonds. The number of halogens is 1. The fourth-order valence-corrected chi connectivity index (χ4v) is 2.30. The standard InChI is InChI=1S/C8H9ClN2O4S/c9-16(14,15)7-3-10-11(4-7)6-1-5(2-6)8(12)13/h3-6H,1-2H2,(H,12,13). The third-order valence-electron chi connectivity index (χ3n) is 2.70. The molecule has 0 saturated heterocycles. The maximum absolute atomic E-state index is 11.0. The van der Waals surface area contributed by atoms with Crippen LogP contribution >= 0.6 is 10.7 Å². The first-order chi connectivity index (χ1) is 7.38. The normalized spacial score (nSPS) is 25.1. The molecule has 88 valence electrons. The van der Waals surface area contributed by atoms with E-state index in [1.807, 2.05) is 0 Å². The Morgan fingerprint density at radius 3 is 2.62 bits per heavy atom. The number of hydrogen-bond acceptors (Lipinski definition) is 4. The van der Waals surface area contributed by atoms with Gasteiger partial charge < -0.3 is 5.11 Å². The summed E-state index contributed by atoms with van der Waals surface area (Å²) in [6, 6.07) is -0.0479. The van der Waals surface area contributed by atoms with Crippen LogP contribution in [0.4, 0.5) is 0 Å². The van der Waals surface area contributed by atoms with Crippen molar-refractivity contribution in [2.75, 3.05) is 0 Å². The van der Waals surface area contributed by atoms with Crippen molar-refractivity contribution in [3.05, 3.63) is 12.4 Å². The van der Waals surface area contributed by atoms with Crippen molar-refractivity contribution in [3.8, 4) is 0 Å². The molecule has 16 heavy (non-hydrogen) atoms. The third-order valence-corrected chi connectivity index (χ3v) is 4.00. The van der Waals surface area contributed by atoms with Gasteiger partial charge in [0.05, 0.1) is 18.2 Å². The van der Waals surface area contributed by atoms with Gasteiger partial charge in [0, 0.05) is 16.9 Å². The molecule has 8 heteroatoms. The number of carboxylic acids is 1. The van der Waals surface area contributed by atoms with Crippen molar-refractivity contribution >= 4 is 25.7 Å². The Bertz CT molecular complexity index is 518. The molecule has 1 N–H and O–H groups in total. The van der Waals surface area contributed by atoms with Crippen molar-refractivity contribution in [1.82, 2.24) is 9.78 Å². The Labute approximate surface area is 96.2 Å². The molecule has 1 aromatic heterocycles. The fraction of sp³-hybridized carbons (Fsp3) is 0.500. The van der Waals surface area contributed by atoms with E-state index in [0.717, 1.165) is 6.20 Å². The molecule has 1 aliphatic rings. The number of rotatable bonds is 3. The lowest BCUT2D eigenvalue weighted by Crippen LogP contribution is -2.32. The highest BCUT2D eigenvalue weighted by Gasteiger charge is 2.36. The van der Waals surface area contributed by atoms with Gasteiger partial charge in [-0.3, -0.25) is 9.48 Å². The van der Waals surface area contributed by atoms with E-state index in [0.29, 0.717) is 12.8 Å². The number of carbonyl (C=O) groups is 1. The van der Waals surface area contributed by atoms with E-state index >= 15 is 0 Å². The van der Waals surface area contributed by atoms with Crippen LogP contribution in [0.2, 0.25) is 0 Å². The molecule has 6 nitrogen and oxygen atoms in total. The quantitative estimate of drug-likeness (QED) is 0.818. The SMILES string of the molecule is O=C(O)C1CC(n2cc(S(=O)(=O)Cl)cn2)C1. The van der Waals surface area contributed by atoms with E-state index < -0.39 is 15.0 Å². The minimum Gasteiger partial charge on any atom is -0.481 e. The first-order valence-corrected chi connectivity index (χ1v) is 6.90. The van der Waals surface area contributed by atoms with Gasteiger partial charge in [0.1, 0.15) is 4.90 Å². The number of nitrogens with zero attached hydrogens (tertiary/aromatic N) is 2. The van der Waals surface area contributed by atoms with E-state index in [-0.39, 0.29) is 16.9 Å². The molecule has 0 aromatic carbocycles. The summed E-state index contributed by atoms with van der Waals surface area (Å²) in [4.78, 5) is 10.5. The van der Waals surface area contributed by atoms with Crippen LogP contribution in [0.3, 0.4) is 0 Å². The van der Waals surface area contributed by atoms with Gasteiger partial charge in [-0.05, 0) is 12.8 Å². The monoisotopic (exact) mass is 264 g/mol. The van der Waals surface area contributed by atoms with E-state index in [2.05, 4.69) is 5.10 Å². The van der Waals surface area contributed by atoms with Crippen LogP contribution in [0.25, 0.3) is 0 Å². The molecule has 1 heterocycles. The van der Waals surface area contributed by atoms with Gasteiger partial charge in [0.2, 0.25) is 0 Å². The highest BCUT2D eigenvalue weighted by molar-refractivity contribution is 8.13. The second-order valence-corrected chi connectivity index (χ2v) is 6.32. The van der Waals surface area contributed by atoms with Gasteiger partial charge in [0.25, 0.3) is 9.05 Å². The van der Waals surface area contributed by atoms with Gasteiger partial charge in [-0.1, -0.05) is 0 Å². The number of carboxylic acid groups (broad SMARTS) is 1. The topological polar surface area (TPSA) is 89.3 Å². The molecule has 0 radical (unpaired) electrons. The summed E-state index contributed by atoms with van der Waals surface area (Å²) in [5.74, 6) is -1.18. The van der Waals surface area contributed by atoms with Gasteiger partial charge in [-0.2, -0.15) is 5.10 Å². The van der Waals surface area contributed by atoms with E-state index in [1.54, 1.807) is 0 Å². The molecular formula is C8H9ClN2O4S. The minimum atomic E-state index is -3.76. The maximum atomic E-state index is 11.0. The lowest BCUT2D eigenvalue weighted by molar-refractivity contribution is -0.146. The summed E-state index contributed by atoms with van der Waals surface area (Å²) in [6.45, 7) is 0. The second-order valence-electron chi connectivity index (χ2n) is 3.75. The average molecular weight is 265 g/mol. The lowest BCUT2D eigenvalue weighted by atomic mass is 9.80. The minimum absolute atomic E-state index is 0.0479. The summed E-state index contributed by atoms with van der Waals surface area (Å²) in [7, 11) is 1.38. The Morgan fingerprint density at radius 2 is 2.19 bits per heavy atom. The highest BCUT2D eigenvalue weighted by Crippen LogP contribution is 2.37. The summed E-state index contributed by atoms with van der Waals surface area (Å²) < 4.78 is 23.4. The molecule has 0 unspecified atom stereocenters. The van der Waals surface area contributed by atoms with Crippen molar-refractivity contribution in [2.45, 2.75) is 23.8 Å². The molecule has 1 saturated carbocycles. The van der Waals surface area contributed by atoms with E-state index in [1.165, 1.54) is 10.9 Å². The highest BCUT2D eigenvalue weighted by atomic mass is 35.7. The number of hydrogen-bond donors (Lipinski definition) is 1. The number of aromatic nitrogens is 2. The van der Waals surface area contributed by atoms with E-state index in [9.17, 15) is 13.2 Å². The van der Waals surface area contributed by atoms with Gasteiger partial charge in [-0.25, -0.2) is 8.42 Å². The summed E-state index contributed by atoms with van der Waals surface area (Å²) in [6.07, 6.45) is 3.43. The zero-order valence-electron chi connectivity index (χ0n) is 8.08. The summed E-state index contributed by atoms with van der Waals surface area (Å²) in [5, 5.41) is 12.5. The summed E-state index contributed by atoms with van der Waals surface area (Å²) in [5.41, 5.74) is 0. The van der Waals surface area contributed by atoms with Crippen LogP contribution in [-0.4, -0.2) is 29.3 Å². The molecule has 2 rings (SSSR count). The zero-order chi connectivity index (χ0) is 11.9. The molecule has 0 bridgehead atoms. The third kappa shape index (κ3) is 2.05. The Morgan fingerprint density at radius 1 is 1.56 bits per heavy atom. The van der Waals surface area contributed by atoms with Crippen LogP contribution in [0, 0.1) is 5.92 Å². The summed E-state index contributed by atoms with van der Waals surface area (Å²) >= 11 is 0. The van der Waals surface area contributed by atoms with Gasteiger partial charge in [0.15, 0.2) is 0 Å². The largest absolute Gasteiger partial charge is 0.481 e. The molecule has 1 aliphatic carbocycles. The predicted molar refractivity (Wildman–Crippen MR) is 54.7 cm³/mol. The van der Waals surface area contributed by atoms with Crippen LogP contribution in [0.15, 0.2) is 17.3 Å². The van der Waals surface area contributed by atoms with Crippen LogP contribution in [-0.2, 0) is 13.8 Å². The van der Waals surface area contributed by atoms with Gasteiger partial charge >= 0.3 is 5.97 Å². The Balaban J connectivity index is 2.08. The molecule has 0 aliphatic heterocycles. The van der Waals surface area contributed by atoms with Gasteiger partial charge in [-0.15, -0.1) is 0 Å². The van der Waals surface area contributed by atoms with Crippen LogP contribution < -0.4 is 0 Å². The van der Waals surface area contributed by atoms with Crippen LogP contribution in [0.5, 0.6) is 0 Å². The molecule has 1 aromatic rings. The second kappa shape index (κ2) is 3.74. The van der Waals surface area contributed by atoms with Crippen LogP contribution in [0.1, 0.15) is 18.9 Å². The lowest BCUT2D eigenvalue weighted by Gasteiger charge is -2.32. The van der Waals surface area contributed by atoms with E-state index in [4.69, 9.17) is 15.8 Å². The first-order valence-electron chi connectivity index (χ1n) is 4.59. The molecule has 0 atom stereocenters. The number of aliphatic carboxylic acids is 1. The zero-order valence-corrected chi connectivity index (χ0v) is 9.65. The van der Waals surface area contributed by atoms with Crippen molar-refractivity contribution in [2.24, 2.45) is 5.92 Å².